The minimum absolute atomic E-state index is 0.0523. The summed E-state index contributed by atoms with van der Waals surface area (Å²) in [4.78, 5) is 7.90. The minimum atomic E-state index is -5.39. The first-order valence-corrected chi connectivity index (χ1v) is 17.5. The second kappa shape index (κ2) is 11.9. The van der Waals surface area contributed by atoms with Crippen molar-refractivity contribution in [3.63, 3.8) is 0 Å². The van der Waals surface area contributed by atoms with Crippen molar-refractivity contribution in [2.45, 2.75) is 19.6 Å². The number of azo groups is 2. The first-order chi connectivity index (χ1) is 21.1. The topological polar surface area (TPSA) is 336 Å². The Bertz CT molecular complexity index is 2450. The van der Waals surface area contributed by atoms with E-state index >= 15 is 0 Å². The van der Waals surface area contributed by atoms with E-state index < -0.39 is 105 Å². The Morgan fingerprint density at radius 1 is 0.587 bits per heavy atom. The van der Waals surface area contributed by atoms with Gasteiger partial charge in [-0.3, -0.25) is 23.0 Å². The zero-order chi connectivity index (χ0) is 34.4. The van der Waals surface area contributed by atoms with Gasteiger partial charge >= 0.3 is 0 Å². The van der Waals surface area contributed by atoms with Crippen molar-refractivity contribution < 1.29 is 56.7 Å². The molecule has 23 heteroatoms. The van der Waals surface area contributed by atoms with Gasteiger partial charge in [0.25, 0.3) is 40.5 Å². The number of fused-ring (bicyclic) bond motifs is 1. The molecule has 0 atom stereocenters. The van der Waals surface area contributed by atoms with Gasteiger partial charge in [-0.05, 0) is 41.8 Å². The number of nitrogen functional groups attached to an aromatic ring is 2. The highest BCUT2D eigenvalue weighted by Crippen LogP contribution is 2.45. The van der Waals surface area contributed by atoms with E-state index in [1.807, 2.05) is 0 Å². The molecule has 0 fully saturated rings. The molecule has 0 radical (unpaired) electrons. The first kappa shape index (κ1) is 34.1. The van der Waals surface area contributed by atoms with Crippen molar-refractivity contribution >= 4 is 91.7 Å². The molecule has 8 N–H and O–H groups in total. The number of aldehydes is 1. The van der Waals surface area contributed by atoms with Gasteiger partial charge < -0.3 is 11.5 Å². The van der Waals surface area contributed by atoms with Crippen molar-refractivity contribution in [2.75, 3.05) is 11.5 Å². The lowest BCUT2D eigenvalue weighted by Gasteiger charge is -2.14. The minimum Gasteiger partial charge on any atom is -0.398 e. The van der Waals surface area contributed by atoms with Crippen LogP contribution in [0.3, 0.4) is 0 Å². The molecule has 0 spiro atoms. The van der Waals surface area contributed by atoms with Gasteiger partial charge in [-0.1, -0.05) is 18.2 Å². The van der Waals surface area contributed by atoms with Crippen LogP contribution in [0.15, 0.2) is 94.6 Å². The van der Waals surface area contributed by atoms with Crippen LogP contribution in [0.4, 0.5) is 34.1 Å². The van der Waals surface area contributed by atoms with Crippen LogP contribution < -0.4 is 11.5 Å². The van der Waals surface area contributed by atoms with E-state index in [0.29, 0.717) is 24.3 Å². The van der Waals surface area contributed by atoms with Gasteiger partial charge in [-0.15, -0.1) is 15.3 Å². The molecule has 0 unspecified atom stereocenters. The van der Waals surface area contributed by atoms with Gasteiger partial charge in [-0.2, -0.15) is 38.8 Å². The lowest BCUT2D eigenvalue weighted by molar-refractivity contribution is 0.112. The highest BCUT2D eigenvalue weighted by molar-refractivity contribution is 7.87. The molecule has 0 aliphatic heterocycles. The van der Waals surface area contributed by atoms with E-state index in [1.54, 1.807) is 18.2 Å². The van der Waals surface area contributed by atoms with Gasteiger partial charge in [0.05, 0.1) is 22.6 Å². The van der Waals surface area contributed by atoms with Crippen molar-refractivity contribution in [3.8, 4) is 0 Å². The highest BCUT2D eigenvalue weighted by Gasteiger charge is 2.29. The number of nitrogens with zero attached hydrogens (tertiary/aromatic N) is 4. The average Bonchev–Trinajstić information content (AvgIpc) is 2.93. The van der Waals surface area contributed by atoms with Crippen LogP contribution in [0, 0.1) is 0 Å². The van der Waals surface area contributed by atoms with Crippen LogP contribution >= 0.6 is 0 Å². The van der Waals surface area contributed by atoms with Crippen LogP contribution in [-0.4, -0.2) is 58.2 Å². The molecule has 242 valence electrons. The number of benzene rings is 4. The summed E-state index contributed by atoms with van der Waals surface area (Å²) in [6.45, 7) is 0. The third-order valence-corrected chi connectivity index (χ3v) is 9.50. The van der Waals surface area contributed by atoms with Gasteiger partial charge in [0, 0.05) is 5.39 Å². The molecule has 4 rings (SSSR count). The zero-order valence-electron chi connectivity index (χ0n) is 22.3. The van der Waals surface area contributed by atoms with Crippen LogP contribution in [0.1, 0.15) is 10.4 Å². The molecule has 0 amide bonds. The molecule has 4 aromatic carbocycles. The number of carbonyl (C=O) groups excluding carboxylic acids is 1. The monoisotopic (exact) mass is 714 g/mol. The predicted octanol–water partition coefficient (Wildman–Crippen LogP) is 3.63. The third kappa shape index (κ3) is 6.90. The maximum Gasteiger partial charge on any atom is 0.296 e. The molecule has 0 heterocycles. The summed E-state index contributed by atoms with van der Waals surface area (Å²) in [5.41, 5.74) is 6.67. The number of carbonyl (C=O) groups is 1. The smallest absolute Gasteiger partial charge is 0.296 e. The Morgan fingerprint density at radius 2 is 1.09 bits per heavy atom. The fourth-order valence-corrected chi connectivity index (χ4v) is 6.66. The number of hydrogen-bond donors (Lipinski definition) is 6. The number of anilines is 2. The number of nitrogens with two attached hydrogens (primary N) is 2. The van der Waals surface area contributed by atoms with Crippen molar-refractivity contribution in [1.29, 1.82) is 0 Å². The van der Waals surface area contributed by atoms with E-state index in [1.165, 1.54) is 12.1 Å². The summed E-state index contributed by atoms with van der Waals surface area (Å²) in [6, 6.07) is 9.67. The van der Waals surface area contributed by atoms with Crippen LogP contribution in [0.2, 0.25) is 0 Å². The normalized spacial score (nSPS) is 13.1. The first-order valence-electron chi connectivity index (χ1n) is 11.7. The molecule has 46 heavy (non-hydrogen) atoms. The molecule has 0 aliphatic carbocycles. The lowest BCUT2D eigenvalue weighted by Crippen LogP contribution is -2.07. The van der Waals surface area contributed by atoms with E-state index in [-0.39, 0.29) is 12.0 Å². The standard InChI is InChI=1S/C23H18N6O13S4/c24-14-8-17(44(34,35)36)15(9-16(14)43(31,32)33)27-28-22-13(10-30)20-11(6-18(22)45(37,38)39)7-19(46(40,41)42)23(21(20)25)29-26-12-4-2-1-3-5-12/h1-10H,24-25H2,(H,31,32,33)(H,34,35,36)(H,37,38,39)(H,40,41,42). The summed E-state index contributed by atoms with van der Waals surface area (Å²) < 4.78 is 135. The Kier molecular flexibility index (Phi) is 8.81. The maximum absolute atomic E-state index is 12.4. The molecule has 0 aromatic heterocycles. The SMILES string of the molecule is Nc1cc(S(=O)(=O)O)c(N=Nc2c(S(=O)(=O)O)cc3cc(S(=O)(=O)O)c(N=Nc4ccccc4)c(N)c3c2C=O)cc1S(=O)(=O)O. The van der Waals surface area contributed by atoms with Crippen molar-refractivity contribution in [1.82, 2.24) is 0 Å². The van der Waals surface area contributed by atoms with Crippen LogP contribution in [0.5, 0.6) is 0 Å². The van der Waals surface area contributed by atoms with E-state index in [4.69, 9.17) is 11.5 Å². The van der Waals surface area contributed by atoms with Crippen LogP contribution in [-0.2, 0) is 40.5 Å². The summed E-state index contributed by atoms with van der Waals surface area (Å²) >= 11 is 0. The molecule has 4 aromatic rings. The Hall–Kier alpha value is -4.75. The molecular weight excluding hydrogens is 697 g/mol. The molecule has 0 bridgehead atoms. The maximum atomic E-state index is 12.4. The van der Waals surface area contributed by atoms with Gasteiger partial charge in [0.15, 0.2) is 6.29 Å². The number of hydrogen-bond acceptors (Lipinski definition) is 15. The van der Waals surface area contributed by atoms with E-state index in [9.17, 15) is 56.7 Å². The molecule has 19 nitrogen and oxygen atoms in total. The largest absolute Gasteiger partial charge is 0.398 e. The molecule has 0 aliphatic rings. The fourth-order valence-electron chi connectivity index (χ4n) is 4.06. The summed E-state index contributed by atoms with van der Waals surface area (Å²) in [6.07, 6.45) is -0.0523. The van der Waals surface area contributed by atoms with Gasteiger partial charge in [0.2, 0.25) is 0 Å². The molecular formula is C23H18N6O13S4. The Morgan fingerprint density at radius 3 is 1.59 bits per heavy atom. The summed E-state index contributed by atoms with van der Waals surface area (Å²) in [7, 11) is -20.9. The van der Waals surface area contributed by atoms with Gasteiger partial charge in [0.1, 0.15) is 36.6 Å². The molecule has 0 saturated heterocycles. The second-order valence-electron chi connectivity index (χ2n) is 8.98. The van der Waals surface area contributed by atoms with E-state index in [0.717, 1.165) is 0 Å². The zero-order valence-corrected chi connectivity index (χ0v) is 25.6. The fraction of sp³-hybridized carbons (Fsp3) is 0. The van der Waals surface area contributed by atoms with Crippen molar-refractivity contribution in [3.05, 3.63) is 60.2 Å². The number of rotatable bonds is 9. The lowest BCUT2D eigenvalue weighted by atomic mass is 10.0. The predicted molar refractivity (Wildman–Crippen MR) is 159 cm³/mol. The van der Waals surface area contributed by atoms with Crippen molar-refractivity contribution in [2.24, 2.45) is 20.5 Å². The Labute approximate surface area is 259 Å². The molecule has 0 saturated carbocycles. The van der Waals surface area contributed by atoms with Gasteiger partial charge in [-0.25, -0.2) is 0 Å². The third-order valence-electron chi connectivity index (χ3n) is 5.98. The average molecular weight is 715 g/mol. The second-order valence-corrected chi connectivity index (χ2v) is 14.5. The highest BCUT2D eigenvalue weighted by atomic mass is 32.2. The summed E-state index contributed by atoms with van der Waals surface area (Å²) in [5.74, 6) is 0. The quantitative estimate of drug-likeness (QED) is 0.0623. The Balaban J connectivity index is 2.14. The van der Waals surface area contributed by atoms with Crippen LogP contribution in [0.25, 0.3) is 10.8 Å². The summed E-state index contributed by atoms with van der Waals surface area (Å²) in [5, 5.41) is 13.6. The van der Waals surface area contributed by atoms with E-state index in [2.05, 4.69) is 20.5 Å².